The number of nitrogens with one attached hydrogen (secondary N) is 2. The van der Waals surface area contributed by atoms with Crippen LogP contribution in [0.2, 0.25) is 0 Å². The minimum atomic E-state index is -0.00844. The standard InChI is InChI=1S/C17H31N3O2/c1-3-14(4-2)17(22)20-10-6-7-13(12-20)11-19-16(21)15-8-5-9-18-15/h13-15,18H,3-12H2,1-2H3,(H,19,21). The van der Waals surface area contributed by atoms with Gasteiger partial charge in [-0.3, -0.25) is 9.59 Å². The number of nitrogens with zero attached hydrogens (tertiary/aromatic N) is 1. The molecule has 2 fully saturated rings. The Labute approximate surface area is 134 Å². The third kappa shape index (κ3) is 4.45. The van der Waals surface area contributed by atoms with Crippen molar-refractivity contribution in [2.45, 2.75) is 58.4 Å². The SMILES string of the molecule is CCC(CC)C(=O)N1CCCC(CNC(=O)C2CCCN2)C1. The van der Waals surface area contributed by atoms with Gasteiger partial charge in [0.2, 0.25) is 11.8 Å². The molecule has 2 N–H and O–H groups in total. The Balaban J connectivity index is 1.77. The lowest BCUT2D eigenvalue weighted by atomic mass is 9.95. The molecular weight excluding hydrogens is 278 g/mol. The number of rotatable bonds is 6. The molecule has 0 spiro atoms. The van der Waals surface area contributed by atoms with Crippen LogP contribution >= 0.6 is 0 Å². The Kier molecular flexibility index (Phi) is 6.68. The van der Waals surface area contributed by atoms with Crippen molar-refractivity contribution in [3.63, 3.8) is 0 Å². The maximum Gasteiger partial charge on any atom is 0.237 e. The highest BCUT2D eigenvalue weighted by Gasteiger charge is 2.28. The van der Waals surface area contributed by atoms with E-state index in [2.05, 4.69) is 24.5 Å². The first-order chi connectivity index (χ1) is 10.7. The van der Waals surface area contributed by atoms with Gasteiger partial charge in [0.05, 0.1) is 6.04 Å². The van der Waals surface area contributed by atoms with E-state index in [9.17, 15) is 9.59 Å². The fourth-order valence-corrected chi connectivity index (χ4v) is 3.60. The maximum atomic E-state index is 12.5. The van der Waals surface area contributed by atoms with Crippen LogP contribution in [0.25, 0.3) is 0 Å². The molecule has 5 heteroatoms. The number of hydrogen-bond acceptors (Lipinski definition) is 3. The van der Waals surface area contributed by atoms with E-state index in [0.717, 1.165) is 58.2 Å². The molecule has 2 rings (SSSR count). The summed E-state index contributed by atoms with van der Waals surface area (Å²) in [4.78, 5) is 26.6. The second-order valence-corrected chi connectivity index (χ2v) is 6.70. The zero-order valence-corrected chi connectivity index (χ0v) is 14.1. The highest BCUT2D eigenvalue weighted by Crippen LogP contribution is 2.20. The van der Waals surface area contributed by atoms with Crippen molar-refractivity contribution in [1.29, 1.82) is 0 Å². The lowest BCUT2D eigenvalue weighted by Gasteiger charge is -2.35. The Hall–Kier alpha value is -1.10. The van der Waals surface area contributed by atoms with Crippen molar-refractivity contribution >= 4 is 11.8 Å². The lowest BCUT2D eigenvalue weighted by Crippen LogP contribution is -2.47. The summed E-state index contributed by atoms with van der Waals surface area (Å²) in [6, 6.07) is -0.00844. The molecule has 0 bridgehead atoms. The molecule has 2 unspecified atom stereocenters. The van der Waals surface area contributed by atoms with E-state index in [-0.39, 0.29) is 17.9 Å². The molecule has 2 aliphatic rings. The summed E-state index contributed by atoms with van der Waals surface area (Å²) >= 11 is 0. The van der Waals surface area contributed by atoms with Crippen LogP contribution in [0.3, 0.4) is 0 Å². The molecule has 2 aliphatic heterocycles. The second kappa shape index (κ2) is 8.51. The number of carbonyl (C=O) groups is 2. The first-order valence-corrected chi connectivity index (χ1v) is 8.95. The highest BCUT2D eigenvalue weighted by molar-refractivity contribution is 5.82. The largest absolute Gasteiger partial charge is 0.354 e. The molecule has 0 aromatic rings. The van der Waals surface area contributed by atoms with Gasteiger partial charge in [-0.15, -0.1) is 0 Å². The van der Waals surface area contributed by atoms with E-state index in [1.54, 1.807) is 0 Å². The van der Waals surface area contributed by atoms with Gasteiger partial charge in [-0.1, -0.05) is 13.8 Å². The van der Waals surface area contributed by atoms with Crippen molar-refractivity contribution < 1.29 is 9.59 Å². The minimum absolute atomic E-state index is 0.00844. The average Bonchev–Trinajstić information content (AvgIpc) is 3.08. The van der Waals surface area contributed by atoms with E-state index in [1.165, 1.54) is 0 Å². The zero-order chi connectivity index (χ0) is 15.9. The Morgan fingerprint density at radius 2 is 2.00 bits per heavy atom. The predicted octanol–water partition coefficient (Wildman–Crippen LogP) is 1.53. The van der Waals surface area contributed by atoms with E-state index < -0.39 is 0 Å². The molecule has 126 valence electrons. The number of piperidine rings is 1. The van der Waals surface area contributed by atoms with Crippen LogP contribution in [-0.2, 0) is 9.59 Å². The van der Waals surface area contributed by atoms with Gasteiger partial charge in [0.15, 0.2) is 0 Å². The van der Waals surface area contributed by atoms with E-state index in [1.807, 2.05) is 4.90 Å². The molecule has 0 aromatic heterocycles. The normalized spacial score (nSPS) is 25.5. The molecule has 2 atom stereocenters. The van der Waals surface area contributed by atoms with Crippen molar-refractivity contribution in [3.05, 3.63) is 0 Å². The van der Waals surface area contributed by atoms with Gasteiger partial charge in [-0.2, -0.15) is 0 Å². The first kappa shape index (κ1) is 17.3. The quantitative estimate of drug-likeness (QED) is 0.782. The number of hydrogen-bond donors (Lipinski definition) is 2. The second-order valence-electron chi connectivity index (χ2n) is 6.70. The number of carbonyl (C=O) groups excluding carboxylic acids is 2. The van der Waals surface area contributed by atoms with Crippen LogP contribution in [0.1, 0.15) is 52.4 Å². The summed E-state index contributed by atoms with van der Waals surface area (Å²) in [6.45, 7) is 7.49. The average molecular weight is 309 g/mol. The topological polar surface area (TPSA) is 61.4 Å². The molecular formula is C17H31N3O2. The van der Waals surface area contributed by atoms with Crippen LogP contribution in [0, 0.1) is 11.8 Å². The van der Waals surface area contributed by atoms with Crippen LogP contribution in [0.4, 0.5) is 0 Å². The predicted molar refractivity (Wildman–Crippen MR) is 87.4 cm³/mol. The van der Waals surface area contributed by atoms with Crippen molar-refractivity contribution in [2.24, 2.45) is 11.8 Å². The summed E-state index contributed by atoms with van der Waals surface area (Å²) in [5.74, 6) is 0.993. The molecule has 22 heavy (non-hydrogen) atoms. The molecule has 5 nitrogen and oxygen atoms in total. The monoisotopic (exact) mass is 309 g/mol. The van der Waals surface area contributed by atoms with Crippen LogP contribution in [0.5, 0.6) is 0 Å². The Morgan fingerprint density at radius 1 is 1.23 bits per heavy atom. The van der Waals surface area contributed by atoms with Crippen molar-refractivity contribution in [3.8, 4) is 0 Å². The van der Waals surface area contributed by atoms with Crippen LogP contribution in [-0.4, -0.2) is 48.9 Å². The molecule has 0 radical (unpaired) electrons. The summed E-state index contributed by atoms with van der Waals surface area (Å²) < 4.78 is 0. The molecule has 2 saturated heterocycles. The number of likely N-dealkylation sites (tertiary alicyclic amines) is 1. The third-order valence-electron chi connectivity index (χ3n) is 5.11. The van der Waals surface area contributed by atoms with Gasteiger partial charge in [0, 0.05) is 25.6 Å². The summed E-state index contributed by atoms with van der Waals surface area (Å²) in [7, 11) is 0. The maximum absolute atomic E-state index is 12.5. The molecule has 0 aliphatic carbocycles. The molecule has 0 saturated carbocycles. The fourth-order valence-electron chi connectivity index (χ4n) is 3.60. The zero-order valence-electron chi connectivity index (χ0n) is 14.1. The van der Waals surface area contributed by atoms with Crippen LogP contribution in [0.15, 0.2) is 0 Å². The van der Waals surface area contributed by atoms with Crippen molar-refractivity contribution in [2.75, 3.05) is 26.2 Å². The highest BCUT2D eigenvalue weighted by atomic mass is 16.2. The summed E-state index contributed by atoms with van der Waals surface area (Å²) in [5, 5.41) is 6.30. The lowest BCUT2D eigenvalue weighted by molar-refractivity contribution is -0.137. The Morgan fingerprint density at radius 3 is 2.64 bits per heavy atom. The Bertz CT molecular complexity index is 376. The van der Waals surface area contributed by atoms with Crippen molar-refractivity contribution in [1.82, 2.24) is 15.5 Å². The fraction of sp³-hybridized carbons (Fsp3) is 0.882. The van der Waals surface area contributed by atoms with E-state index >= 15 is 0 Å². The first-order valence-electron chi connectivity index (χ1n) is 8.95. The van der Waals surface area contributed by atoms with Gasteiger partial charge in [0.1, 0.15) is 0 Å². The van der Waals surface area contributed by atoms with E-state index in [4.69, 9.17) is 0 Å². The van der Waals surface area contributed by atoms with Gasteiger partial charge >= 0.3 is 0 Å². The molecule has 0 aromatic carbocycles. The summed E-state index contributed by atoms with van der Waals surface area (Å²) in [6.07, 6.45) is 6.01. The van der Waals surface area contributed by atoms with Gasteiger partial charge in [-0.05, 0) is 51.0 Å². The van der Waals surface area contributed by atoms with Gasteiger partial charge < -0.3 is 15.5 Å². The smallest absolute Gasteiger partial charge is 0.237 e. The molecule has 2 amide bonds. The molecule has 2 heterocycles. The summed E-state index contributed by atoms with van der Waals surface area (Å²) in [5.41, 5.74) is 0. The minimum Gasteiger partial charge on any atom is -0.354 e. The van der Waals surface area contributed by atoms with E-state index in [0.29, 0.717) is 18.4 Å². The van der Waals surface area contributed by atoms with Gasteiger partial charge in [-0.25, -0.2) is 0 Å². The van der Waals surface area contributed by atoms with Crippen LogP contribution < -0.4 is 10.6 Å². The number of amides is 2. The third-order valence-corrected chi connectivity index (χ3v) is 5.11. The van der Waals surface area contributed by atoms with Gasteiger partial charge in [0.25, 0.3) is 0 Å².